The molecule has 0 aliphatic carbocycles. The third kappa shape index (κ3) is 8.85. The summed E-state index contributed by atoms with van der Waals surface area (Å²) in [6.07, 6.45) is -9.10. The maximum Gasteiger partial charge on any atom is 0.416 e. The highest BCUT2D eigenvalue weighted by Gasteiger charge is 2.59. The molecule has 1 fully saturated rings. The van der Waals surface area contributed by atoms with Crippen molar-refractivity contribution in [3.63, 3.8) is 0 Å². The van der Waals surface area contributed by atoms with E-state index >= 15 is 0 Å². The molecule has 1 aromatic carbocycles. The number of oxime groups is 1. The molecule has 16 nitrogen and oxygen atoms in total. The number of nitrogens with two attached hydrogens (primary N) is 2. The van der Waals surface area contributed by atoms with Crippen molar-refractivity contribution in [1.29, 1.82) is 0 Å². The minimum absolute atomic E-state index is 0.269. The van der Waals surface area contributed by atoms with Gasteiger partial charge in [0.05, 0.1) is 32.8 Å². The van der Waals surface area contributed by atoms with Crippen molar-refractivity contribution in [2.24, 2.45) is 10.9 Å². The second-order valence-corrected chi connectivity index (χ2v) is 12.1. The van der Waals surface area contributed by atoms with Crippen LogP contribution in [0.15, 0.2) is 22.2 Å². The smallest absolute Gasteiger partial charge is 0.416 e. The molecule has 2 heterocycles. The molecular formula is C26H28Cl2F3N5O11S. The number of amidine groups is 1. The number of alkyl halides is 3. The molecule has 1 aliphatic heterocycles. The summed E-state index contributed by atoms with van der Waals surface area (Å²) in [6.45, 7) is 3.53. The topological polar surface area (TPSA) is 223 Å². The van der Waals surface area contributed by atoms with Crippen molar-refractivity contribution >= 4 is 69.5 Å². The molecule has 0 bridgehead atoms. The van der Waals surface area contributed by atoms with Gasteiger partial charge in [0, 0.05) is 34.0 Å². The second-order valence-electron chi connectivity index (χ2n) is 9.96. The predicted octanol–water partition coefficient (Wildman–Crippen LogP) is 2.59. The summed E-state index contributed by atoms with van der Waals surface area (Å²) in [7, 11) is -1.97. The largest absolute Gasteiger partial charge is 0.463 e. The zero-order chi connectivity index (χ0) is 36.3. The van der Waals surface area contributed by atoms with Gasteiger partial charge < -0.3 is 40.0 Å². The van der Waals surface area contributed by atoms with Crippen molar-refractivity contribution in [2.45, 2.75) is 69.5 Å². The number of carbonyl (C=O) groups is 4. The van der Waals surface area contributed by atoms with Crippen molar-refractivity contribution < 1.29 is 65.1 Å². The molecule has 1 aromatic heterocycles. The number of benzene rings is 1. The molecule has 22 heteroatoms. The molecular weight excluding hydrogens is 718 g/mol. The fraction of sp³-hybridized carbons (Fsp3) is 0.462. The van der Waals surface area contributed by atoms with E-state index in [0.717, 1.165) is 32.4 Å². The van der Waals surface area contributed by atoms with Gasteiger partial charge in [0.2, 0.25) is 6.10 Å². The summed E-state index contributed by atoms with van der Waals surface area (Å²) in [5.41, 5.74) is 10.4. The van der Waals surface area contributed by atoms with E-state index in [2.05, 4.69) is 10.3 Å². The molecule has 2 aromatic rings. The van der Waals surface area contributed by atoms with Crippen LogP contribution in [-0.4, -0.2) is 80.8 Å². The van der Waals surface area contributed by atoms with Gasteiger partial charge in [0.25, 0.3) is 6.29 Å². The molecule has 1 aliphatic rings. The Kier molecular flexibility index (Phi) is 11.9. The summed E-state index contributed by atoms with van der Waals surface area (Å²) >= 11 is 12.2. The molecule has 4 N–H and O–H groups in total. The molecule has 4 unspecified atom stereocenters. The number of carbonyl (C=O) groups excluding carboxylic acids is 4. The van der Waals surface area contributed by atoms with E-state index in [-0.39, 0.29) is 10.6 Å². The molecule has 4 atom stereocenters. The summed E-state index contributed by atoms with van der Waals surface area (Å²) in [5.74, 6) is -7.13. The zero-order valence-electron chi connectivity index (χ0n) is 25.6. The van der Waals surface area contributed by atoms with Crippen LogP contribution >= 0.6 is 23.2 Å². The zero-order valence-corrected chi connectivity index (χ0v) is 27.9. The lowest BCUT2D eigenvalue weighted by Gasteiger charge is -2.45. The highest BCUT2D eigenvalue weighted by atomic mass is 35.5. The van der Waals surface area contributed by atoms with Gasteiger partial charge in [-0.2, -0.15) is 18.3 Å². The molecule has 3 rings (SSSR count). The van der Waals surface area contributed by atoms with Crippen molar-refractivity contribution in [3.05, 3.63) is 33.4 Å². The molecule has 0 radical (unpaired) electrons. The summed E-state index contributed by atoms with van der Waals surface area (Å²) in [4.78, 5) is 53.0. The Labute approximate surface area is 282 Å². The van der Waals surface area contributed by atoms with Crippen LogP contribution in [0.1, 0.15) is 45.4 Å². The number of aromatic nitrogens is 2. The first-order valence-electron chi connectivity index (χ1n) is 13.3. The quantitative estimate of drug-likeness (QED) is 0.0891. The number of anilines is 1. The minimum Gasteiger partial charge on any atom is -0.463 e. The van der Waals surface area contributed by atoms with E-state index in [1.165, 1.54) is 6.26 Å². The Morgan fingerprint density at radius 3 is 2.10 bits per heavy atom. The molecule has 48 heavy (non-hydrogen) atoms. The monoisotopic (exact) mass is 745 g/mol. The second kappa shape index (κ2) is 15.0. The van der Waals surface area contributed by atoms with E-state index in [0.29, 0.717) is 12.1 Å². The van der Waals surface area contributed by atoms with Gasteiger partial charge in [-0.15, -0.1) is 0 Å². The first-order chi connectivity index (χ1) is 22.2. The van der Waals surface area contributed by atoms with Gasteiger partial charge >= 0.3 is 35.8 Å². The lowest BCUT2D eigenvalue weighted by molar-refractivity contribution is -0.357. The fourth-order valence-electron chi connectivity index (χ4n) is 4.49. The van der Waals surface area contributed by atoms with Gasteiger partial charge in [-0.05, 0) is 12.1 Å². The third-order valence-electron chi connectivity index (χ3n) is 6.13. The van der Waals surface area contributed by atoms with Gasteiger partial charge in [0.1, 0.15) is 34.8 Å². The number of nitrogen functional groups attached to an aromatic ring is 1. The summed E-state index contributed by atoms with van der Waals surface area (Å²) in [6, 6.07) is 1.15. The first kappa shape index (κ1) is 38.3. The van der Waals surface area contributed by atoms with Crippen LogP contribution < -0.4 is 11.5 Å². The van der Waals surface area contributed by atoms with Gasteiger partial charge in [-0.1, -0.05) is 28.4 Å². The Morgan fingerprint density at radius 2 is 1.65 bits per heavy atom. The van der Waals surface area contributed by atoms with Crippen molar-refractivity contribution in [1.82, 2.24) is 9.78 Å². The van der Waals surface area contributed by atoms with Crippen LogP contribution in [0.25, 0.3) is 5.69 Å². The lowest BCUT2D eigenvalue weighted by atomic mass is 9.97. The van der Waals surface area contributed by atoms with Crippen LogP contribution in [0.5, 0.6) is 0 Å². The minimum atomic E-state index is -4.79. The molecule has 0 amide bonds. The molecule has 1 saturated heterocycles. The molecule has 0 spiro atoms. The molecule has 264 valence electrons. The summed E-state index contributed by atoms with van der Waals surface area (Å²) < 4.78 is 80.0. The van der Waals surface area contributed by atoms with Crippen LogP contribution in [0.4, 0.5) is 19.0 Å². The van der Waals surface area contributed by atoms with E-state index in [1.54, 1.807) is 0 Å². The van der Waals surface area contributed by atoms with Gasteiger partial charge in [-0.3, -0.25) is 23.4 Å². The maximum atomic E-state index is 13.3. The van der Waals surface area contributed by atoms with Crippen LogP contribution in [0.3, 0.4) is 0 Å². The van der Waals surface area contributed by atoms with Crippen LogP contribution in [0, 0.1) is 0 Å². The van der Waals surface area contributed by atoms with E-state index in [4.69, 9.17) is 63.2 Å². The molecule has 0 saturated carbocycles. The van der Waals surface area contributed by atoms with Gasteiger partial charge in [0.15, 0.2) is 5.84 Å². The number of esters is 4. The highest BCUT2D eigenvalue weighted by molar-refractivity contribution is 7.84. The number of nitrogens with zero attached hydrogens (tertiary/aromatic N) is 3. The number of ether oxygens (including phenoxy) is 5. The Balaban J connectivity index is 2.13. The lowest BCUT2D eigenvalue weighted by Crippen LogP contribution is -2.63. The highest BCUT2D eigenvalue weighted by Crippen LogP contribution is 2.40. The average Bonchev–Trinajstić information content (AvgIpc) is 3.27. The SMILES string of the molecule is CC(=O)OCC1CC(OC(C)=O)(OC(C)=O)C(OC(C)=O)C(O/N=C(\N)c2nn(-c3c(Cl)cc(C(F)(F)F)cc3Cl)c(N)c2S(C)=O)O1. The predicted molar refractivity (Wildman–Crippen MR) is 159 cm³/mol. The van der Waals surface area contributed by atoms with E-state index in [9.17, 15) is 36.6 Å². The van der Waals surface area contributed by atoms with Crippen molar-refractivity contribution in [2.75, 3.05) is 18.6 Å². The maximum absolute atomic E-state index is 13.3. The average molecular weight is 747 g/mol. The Bertz CT molecular complexity index is 1630. The Hall–Kier alpha value is -4.14. The first-order valence-corrected chi connectivity index (χ1v) is 15.6. The van der Waals surface area contributed by atoms with E-state index in [1.807, 2.05) is 0 Å². The number of rotatable bonds is 10. The van der Waals surface area contributed by atoms with E-state index < -0.39 is 111 Å². The van der Waals surface area contributed by atoms with Crippen molar-refractivity contribution in [3.8, 4) is 5.69 Å². The van der Waals surface area contributed by atoms with Crippen LogP contribution in [-0.2, 0) is 64.7 Å². The fourth-order valence-corrected chi connectivity index (χ4v) is 5.94. The van der Waals surface area contributed by atoms with Crippen LogP contribution in [0.2, 0.25) is 10.0 Å². The Morgan fingerprint density at radius 1 is 1.08 bits per heavy atom. The number of hydrogen-bond acceptors (Lipinski definition) is 14. The standard InChI is InChI=1S/C26H28Cl2F3N5O11S/c1-10(37)42-9-15-8-25(45-12(3)39,46-13(4)40)21(43-11(2)38)24(44-15)47-35-22(32)18-20(48(5)41)23(33)36(34-18)19-16(27)6-14(7-17(19)28)26(29,30)31/h6-7,15,21,24H,8-9,33H2,1-5H3,(H2,32,35). The van der Waals surface area contributed by atoms with Gasteiger partial charge in [-0.25, -0.2) is 4.68 Å². The third-order valence-corrected chi connectivity index (χ3v) is 7.69. The number of halogens is 5. The normalized spacial score (nSPS) is 20.0. The number of hydrogen-bond donors (Lipinski definition) is 2. The summed E-state index contributed by atoms with van der Waals surface area (Å²) in [5, 5.41) is 6.78.